The van der Waals surface area contributed by atoms with Crippen molar-refractivity contribution < 1.29 is 9.53 Å². The molecule has 1 aliphatic heterocycles. The van der Waals surface area contributed by atoms with Crippen LogP contribution in [0.15, 0.2) is 36.5 Å². The van der Waals surface area contributed by atoms with E-state index in [9.17, 15) is 4.79 Å². The number of nitrogens with one attached hydrogen (secondary N) is 3. The minimum absolute atomic E-state index is 0.0301. The molecule has 0 spiro atoms. The molecule has 1 saturated heterocycles. The summed E-state index contributed by atoms with van der Waals surface area (Å²) in [6.07, 6.45) is 1.80. The van der Waals surface area contributed by atoms with Gasteiger partial charge >= 0.3 is 6.03 Å². The van der Waals surface area contributed by atoms with Gasteiger partial charge in [0.15, 0.2) is 0 Å². The Morgan fingerprint density at radius 2 is 1.84 bits per heavy atom. The van der Waals surface area contributed by atoms with Crippen molar-refractivity contribution in [3.05, 3.63) is 42.4 Å². The molecule has 10 nitrogen and oxygen atoms in total. The van der Waals surface area contributed by atoms with Crippen molar-refractivity contribution in [3.8, 4) is 5.75 Å². The number of hydrogen-bond donors (Lipinski definition) is 3. The number of nitrogens with zero attached hydrogens (tertiary/aromatic N) is 5. The van der Waals surface area contributed by atoms with Crippen LogP contribution in [0.1, 0.15) is 33.5 Å². The van der Waals surface area contributed by atoms with Gasteiger partial charge in [-0.1, -0.05) is 12.1 Å². The summed E-state index contributed by atoms with van der Waals surface area (Å²) in [7, 11) is 0. The highest BCUT2D eigenvalue weighted by Gasteiger charge is 2.23. The van der Waals surface area contributed by atoms with Gasteiger partial charge in [-0.25, -0.2) is 19.7 Å². The topological polar surface area (TPSA) is 111 Å². The summed E-state index contributed by atoms with van der Waals surface area (Å²) in [5, 5.41) is 7.27. The summed E-state index contributed by atoms with van der Waals surface area (Å²) in [4.78, 5) is 34.5. The summed E-state index contributed by atoms with van der Waals surface area (Å²) >= 11 is 0. The number of ether oxygens (including phenoxy) is 1. The number of aromatic nitrogens is 4. The predicted octanol–water partition coefficient (Wildman–Crippen LogP) is 4.90. The Balaban J connectivity index is 1.41. The number of anilines is 3. The number of carbonyl (C=O) groups is 1. The maximum Gasteiger partial charge on any atom is 0.321 e. The Kier molecular flexibility index (Phi) is 6.84. The quantitative estimate of drug-likeness (QED) is 0.344. The number of benzene rings is 2. The maximum absolute atomic E-state index is 13.1. The Morgan fingerprint density at radius 1 is 1.05 bits per heavy atom. The summed E-state index contributed by atoms with van der Waals surface area (Å²) in [6.45, 7) is 13.3. The zero-order chi connectivity index (χ0) is 26.1. The minimum Gasteiger partial charge on any atom is -0.489 e. The molecule has 0 radical (unpaired) electrons. The number of piperazine rings is 1. The fourth-order valence-electron chi connectivity index (χ4n) is 4.61. The average molecular weight is 503 g/mol. The molecular weight excluding hydrogens is 468 g/mol. The number of fused-ring (bicyclic) bond motifs is 2. The SMILES string of the molecule is Cc1nc2c(NC(=O)N3CCN(C(C)C)CC3)cc(Nc3ncc4cccc(OC(C)C)c4n3)cc2[nH]1. The van der Waals surface area contributed by atoms with Crippen LogP contribution in [0.2, 0.25) is 0 Å². The van der Waals surface area contributed by atoms with Crippen LogP contribution in [-0.2, 0) is 0 Å². The van der Waals surface area contributed by atoms with E-state index in [4.69, 9.17) is 9.72 Å². The number of imidazole rings is 1. The number of H-pyrrole nitrogens is 1. The van der Waals surface area contributed by atoms with E-state index in [0.29, 0.717) is 42.0 Å². The van der Waals surface area contributed by atoms with Gasteiger partial charge in [-0.15, -0.1) is 0 Å². The second kappa shape index (κ2) is 10.2. The number of carbonyl (C=O) groups excluding carboxylic acids is 1. The zero-order valence-electron chi connectivity index (χ0n) is 22.0. The molecule has 0 unspecified atom stereocenters. The van der Waals surface area contributed by atoms with E-state index >= 15 is 0 Å². The summed E-state index contributed by atoms with van der Waals surface area (Å²) < 4.78 is 5.95. The lowest BCUT2D eigenvalue weighted by Gasteiger charge is -2.36. The van der Waals surface area contributed by atoms with Crippen LogP contribution < -0.4 is 15.4 Å². The largest absolute Gasteiger partial charge is 0.489 e. The predicted molar refractivity (Wildman–Crippen MR) is 147 cm³/mol. The maximum atomic E-state index is 13.1. The molecule has 4 aromatic rings. The van der Waals surface area contributed by atoms with E-state index in [2.05, 4.69) is 44.3 Å². The molecule has 1 aliphatic rings. The van der Waals surface area contributed by atoms with Crippen LogP contribution in [0.4, 0.5) is 22.1 Å². The molecule has 0 aliphatic carbocycles. The second-order valence-corrected chi connectivity index (χ2v) is 9.97. The molecule has 5 rings (SSSR count). The van der Waals surface area contributed by atoms with E-state index in [1.807, 2.05) is 56.0 Å². The van der Waals surface area contributed by atoms with Crippen molar-refractivity contribution in [3.63, 3.8) is 0 Å². The van der Waals surface area contributed by atoms with Gasteiger partial charge in [-0.05, 0) is 52.8 Å². The van der Waals surface area contributed by atoms with Gasteiger partial charge in [0, 0.05) is 49.5 Å². The van der Waals surface area contributed by atoms with E-state index in [1.54, 1.807) is 6.20 Å². The normalized spacial score (nSPS) is 14.6. The first-order valence-corrected chi connectivity index (χ1v) is 12.8. The van der Waals surface area contributed by atoms with Crippen LogP contribution in [0.5, 0.6) is 5.75 Å². The highest BCUT2D eigenvalue weighted by atomic mass is 16.5. The van der Waals surface area contributed by atoms with E-state index < -0.39 is 0 Å². The van der Waals surface area contributed by atoms with Gasteiger partial charge in [0.1, 0.15) is 22.6 Å². The molecule has 10 heteroatoms. The Labute approximate surface area is 216 Å². The molecule has 3 N–H and O–H groups in total. The van der Waals surface area contributed by atoms with Gasteiger partial charge in [-0.3, -0.25) is 4.90 Å². The Bertz CT molecular complexity index is 1420. The first-order chi connectivity index (χ1) is 17.8. The van der Waals surface area contributed by atoms with Crippen molar-refractivity contribution >= 4 is 45.3 Å². The van der Waals surface area contributed by atoms with Gasteiger partial charge in [0.25, 0.3) is 0 Å². The number of urea groups is 1. The number of rotatable bonds is 6. The lowest BCUT2D eigenvalue weighted by molar-refractivity contribution is 0.125. The van der Waals surface area contributed by atoms with Gasteiger partial charge in [-0.2, -0.15) is 0 Å². The molecule has 2 aromatic carbocycles. The first kappa shape index (κ1) is 24.8. The molecule has 0 atom stereocenters. The van der Waals surface area contributed by atoms with Crippen molar-refractivity contribution in [1.29, 1.82) is 0 Å². The van der Waals surface area contributed by atoms with Crippen LogP contribution >= 0.6 is 0 Å². The van der Waals surface area contributed by atoms with Crippen molar-refractivity contribution in [2.45, 2.75) is 46.8 Å². The van der Waals surface area contributed by atoms with Gasteiger partial charge in [0.2, 0.25) is 5.95 Å². The average Bonchev–Trinajstić information content (AvgIpc) is 3.24. The minimum atomic E-state index is -0.125. The third kappa shape index (κ3) is 5.43. The van der Waals surface area contributed by atoms with Crippen molar-refractivity contribution in [2.24, 2.45) is 0 Å². The lowest BCUT2D eigenvalue weighted by atomic mass is 10.2. The monoisotopic (exact) mass is 502 g/mol. The van der Waals surface area contributed by atoms with Gasteiger partial charge < -0.3 is 25.3 Å². The number of hydrogen-bond acceptors (Lipinski definition) is 7. The molecule has 3 heterocycles. The van der Waals surface area contributed by atoms with E-state index in [0.717, 1.165) is 41.0 Å². The fourth-order valence-corrected chi connectivity index (χ4v) is 4.61. The van der Waals surface area contributed by atoms with Crippen LogP contribution in [0.25, 0.3) is 21.9 Å². The highest BCUT2D eigenvalue weighted by molar-refractivity contribution is 6.01. The lowest BCUT2D eigenvalue weighted by Crippen LogP contribution is -2.51. The molecule has 0 bridgehead atoms. The van der Waals surface area contributed by atoms with E-state index in [-0.39, 0.29) is 12.1 Å². The third-order valence-electron chi connectivity index (χ3n) is 6.47. The summed E-state index contributed by atoms with van der Waals surface area (Å²) in [5.41, 5.74) is 3.63. The molecule has 0 saturated carbocycles. The van der Waals surface area contributed by atoms with Crippen molar-refractivity contribution in [1.82, 2.24) is 29.7 Å². The molecular formula is C27H34N8O2. The smallest absolute Gasteiger partial charge is 0.321 e. The third-order valence-corrected chi connectivity index (χ3v) is 6.47. The van der Waals surface area contributed by atoms with Gasteiger partial charge in [0.05, 0.1) is 17.3 Å². The number of aryl methyl sites for hydroxylation is 1. The standard InChI is InChI=1S/C27H34N8O2/c1-16(2)34-9-11-35(12-10-34)27(36)32-22-14-20(13-21-25(22)30-18(5)29-21)31-26-28-15-19-7-6-8-23(24(19)33-26)37-17(3)4/h6-8,13-17H,9-12H2,1-5H3,(H,29,30)(H,32,36)(H,28,31,33). The van der Waals surface area contributed by atoms with Crippen LogP contribution in [0, 0.1) is 6.92 Å². The number of amides is 2. The number of aromatic amines is 1. The van der Waals surface area contributed by atoms with Crippen LogP contribution in [-0.4, -0.2) is 74.1 Å². The molecule has 37 heavy (non-hydrogen) atoms. The summed E-state index contributed by atoms with van der Waals surface area (Å²) in [6, 6.07) is 9.96. The molecule has 2 amide bonds. The molecule has 2 aromatic heterocycles. The Hall–Kier alpha value is -3.92. The second-order valence-electron chi connectivity index (χ2n) is 9.97. The van der Waals surface area contributed by atoms with E-state index in [1.165, 1.54) is 0 Å². The molecule has 1 fully saturated rings. The van der Waals surface area contributed by atoms with Crippen LogP contribution in [0.3, 0.4) is 0 Å². The Morgan fingerprint density at radius 3 is 2.57 bits per heavy atom. The first-order valence-electron chi connectivity index (χ1n) is 12.8. The molecule has 194 valence electrons. The van der Waals surface area contributed by atoms with Crippen molar-refractivity contribution in [2.75, 3.05) is 36.8 Å². The fraction of sp³-hybridized carbons (Fsp3) is 0.407. The summed E-state index contributed by atoms with van der Waals surface area (Å²) in [5.74, 6) is 1.92. The number of para-hydroxylation sites is 1. The highest BCUT2D eigenvalue weighted by Crippen LogP contribution is 2.30. The zero-order valence-corrected chi connectivity index (χ0v) is 22.0.